The summed E-state index contributed by atoms with van der Waals surface area (Å²) in [5.74, 6) is 1.29. The Balaban J connectivity index is 1.58. The molecule has 2 aromatic carbocycles. The second-order valence-corrected chi connectivity index (χ2v) is 5.84. The fourth-order valence-corrected chi connectivity index (χ4v) is 2.72. The number of anilines is 1. The minimum Gasteiger partial charge on any atom is -0.497 e. The second kappa shape index (κ2) is 6.84. The molecule has 26 heavy (non-hydrogen) atoms. The molecule has 0 aliphatic carbocycles. The first kappa shape index (κ1) is 16.1. The van der Waals surface area contributed by atoms with Crippen LogP contribution in [0.25, 0.3) is 16.9 Å². The first-order chi connectivity index (χ1) is 12.7. The first-order valence-corrected chi connectivity index (χ1v) is 8.20. The summed E-state index contributed by atoms with van der Waals surface area (Å²) in [4.78, 5) is 4.36. The van der Waals surface area contributed by atoms with E-state index in [4.69, 9.17) is 4.74 Å². The molecule has 0 bridgehead atoms. The number of halogens is 1. The highest BCUT2D eigenvalue weighted by atomic mass is 19.1. The van der Waals surface area contributed by atoms with Crippen LogP contribution in [0.1, 0.15) is 5.56 Å². The summed E-state index contributed by atoms with van der Waals surface area (Å²) in [6.45, 7) is 0.642. The monoisotopic (exact) mass is 348 g/mol. The Bertz CT molecular complexity index is 1030. The average Bonchev–Trinajstić information content (AvgIpc) is 3.10. The zero-order chi connectivity index (χ0) is 17.9. The lowest BCUT2D eigenvalue weighted by molar-refractivity contribution is 0.414. The van der Waals surface area contributed by atoms with Crippen LogP contribution in [0.3, 0.4) is 0 Å². The van der Waals surface area contributed by atoms with E-state index in [0.717, 1.165) is 34.0 Å². The van der Waals surface area contributed by atoms with Crippen molar-refractivity contribution in [2.24, 2.45) is 0 Å². The van der Waals surface area contributed by atoms with Crippen LogP contribution in [0.4, 0.5) is 10.2 Å². The van der Waals surface area contributed by atoms with Crippen molar-refractivity contribution in [3.05, 3.63) is 78.2 Å². The van der Waals surface area contributed by atoms with E-state index in [1.54, 1.807) is 30.0 Å². The van der Waals surface area contributed by atoms with Gasteiger partial charge in [0.05, 0.1) is 19.0 Å². The maximum absolute atomic E-state index is 13.2. The van der Waals surface area contributed by atoms with Crippen LogP contribution < -0.4 is 10.1 Å². The molecule has 0 unspecified atom stereocenters. The van der Waals surface area contributed by atoms with Crippen LogP contribution in [-0.2, 0) is 6.54 Å². The van der Waals surface area contributed by atoms with Crippen LogP contribution in [0.2, 0.25) is 0 Å². The van der Waals surface area contributed by atoms with Crippen LogP contribution in [-0.4, -0.2) is 21.7 Å². The summed E-state index contributed by atoms with van der Waals surface area (Å²) in [7, 11) is 1.65. The molecule has 6 heteroatoms. The lowest BCUT2D eigenvalue weighted by Gasteiger charge is -2.08. The van der Waals surface area contributed by atoms with Gasteiger partial charge in [0.25, 0.3) is 0 Å². The summed E-state index contributed by atoms with van der Waals surface area (Å²) >= 11 is 0. The molecule has 130 valence electrons. The molecule has 4 aromatic rings. The molecule has 0 radical (unpaired) electrons. The van der Waals surface area contributed by atoms with Crippen LogP contribution in [0, 0.1) is 5.82 Å². The summed E-state index contributed by atoms with van der Waals surface area (Å²) in [6.07, 6.45) is 1.74. The van der Waals surface area contributed by atoms with E-state index in [1.165, 1.54) is 12.1 Å². The number of ether oxygens (including phenoxy) is 1. The second-order valence-electron chi connectivity index (χ2n) is 5.84. The minimum atomic E-state index is -0.266. The molecule has 2 heterocycles. The number of benzene rings is 2. The van der Waals surface area contributed by atoms with Gasteiger partial charge in [0.1, 0.15) is 17.4 Å². The number of fused-ring (bicyclic) bond motifs is 1. The third-order valence-corrected chi connectivity index (χ3v) is 4.13. The Morgan fingerprint density at radius 1 is 1.00 bits per heavy atom. The highest BCUT2D eigenvalue weighted by molar-refractivity contribution is 5.63. The van der Waals surface area contributed by atoms with Gasteiger partial charge >= 0.3 is 0 Å². The lowest BCUT2D eigenvalue weighted by atomic mass is 10.2. The fourth-order valence-electron chi connectivity index (χ4n) is 2.72. The maximum Gasteiger partial charge on any atom is 0.154 e. The fraction of sp³-hybridized carbons (Fsp3) is 0.100. The predicted octanol–water partition coefficient (Wildman–Crippen LogP) is 4.16. The van der Waals surface area contributed by atoms with Crippen LogP contribution in [0.15, 0.2) is 66.9 Å². The van der Waals surface area contributed by atoms with Gasteiger partial charge in [-0.15, -0.1) is 5.10 Å². The molecule has 0 spiro atoms. The topological polar surface area (TPSA) is 51.5 Å². The smallest absolute Gasteiger partial charge is 0.154 e. The molecule has 4 rings (SSSR count). The number of nitrogens with one attached hydrogen (secondary N) is 1. The van der Waals surface area contributed by atoms with Gasteiger partial charge in [-0.2, -0.15) is 0 Å². The van der Waals surface area contributed by atoms with Gasteiger partial charge in [0.15, 0.2) is 5.65 Å². The van der Waals surface area contributed by atoms with E-state index >= 15 is 0 Å². The van der Waals surface area contributed by atoms with Crippen molar-refractivity contribution >= 4 is 11.5 Å². The summed E-state index contributed by atoms with van der Waals surface area (Å²) < 4.78 is 20.1. The lowest BCUT2D eigenvalue weighted by Crippen LogP contribution is -2.04. The Kier molecular flexibility index (Phi) is 4.23. The third kappa shape index (κ3) is 3.21. The molecule has 0 saturated heterocycles. The molecule has 0 fully saturated rings. The molecule has 0 aliphatic heterocycles. The van der Waals surface area contributed by atoms with E-state index < -0.39 is 0 Å². The summed E-state index contributed by atoms with van der Waals surface area (Å²) in [6, 6.07) is 18.0. The SMILES string of the molecule is COc1ccc(CNc2ccc3ncc(-c4ccc(F)cc4)n3n2)cc1. The number of imidazole rings is 1. The van der Waals surface area contributed by atoms with Gasteiger partial charge < -0.3 is 10.1 Å². The zero-order valence-corrected chi connectivity index (χ0v) is 14.2. The summed E-state index contributed by atoms with van der Waals surface area (Å²) in [5, 5.41) is 7.92. The van der Waals surface area contributed by atoms with Crippen molar-refractivity contribution in [2.45, 2.75) is 6.54 Å². The highest BCUT2D eigenvalue weighted by Gasteiger charge is 2.08. The van der Waals surface area contributed by atoms with Crippen LogP contribution in [0.5, 0.6) is 5.75 Å². The average molecular weight is 348 g/mol. The molecule has 0 atom stereocenters. The van der Waals surface area contributed by atoms with Crippen molar-refractivity contribution in [1.29, 1.82) is 0 Å². The number of hydrogen-bond acceptors (Lipinski definition) is 4. The largest absolute Gasteiger partial charge is 0.497 e. The van der Waals surface area contributed by atoms with E-state index in [2.05, 4.69) is 15.4 Å². The molecule has 1 N–H and O–H groups in total. The zero-order valence-electron chi connectivity index (χ0n) is 14.2. The maximum atomic E-state index is 13.2. The number of aromatic nitrogens is 3. The number of rotatable bonds is 5. The summed E-state index contributed by atoms with van der Waals surface area (Å²) in [5.41, 5.74) is 3.53. The molecule has 5 nitrogen and oxygen atoms in total. The Morgan fingerprint density at radius 2 is 1.77 bits per heavy atom. The van der Waals surface area contributed by atoms with Crippen LogP contribution >= 0.6 is 0 Å². The highest BCUT2D eigenvalue weighted by Crippen LogP contribution is 2.21. The quantitative estimate of drug-likeness (QED) is 0.588. The van der Waals surface area contributed by atoms with E-state index in [9.17, 15) is 4.39 Å². The van der Waals surface area contributed by atoms with Gasteiger partial charge in [-0.3, -0.25) is 0 Å². The first-order valence-electron chi connectivity index (χ1n) is 8.20. The number of hydrogen-bond donors (Lipinski definition) is 1. The molecule has 2 aromatic heterocycles. The molecule has 0 amide bonds. The van der Waals surface area contributed by atoms with Crippen molar-refractivity contribution < 1.29 is 9.13 Å². The van der Waals surface area contributed by atoms with Gasteiger partial charge in [-0.05, 0) is 54.1 Å². The normalized spacial score (nSPS) is 10.8. The van der Waals surface area contributed by atoms with E-state index in [0.29, 0.717) is 6.54 Å². The minimum absolute atomic E-state index is 0.266. The standard InChI is InChI=1S/C20H17FN4O/c1-26-17-8-2-14(3-9-17)12-22-19-10-11-20-23-13-18(25(20)24-19)15-4-6-16(21)7-5-15/h2-11,13H,12H2,1H3,(H,22,24). The van der Waals surface area contributed by atoms with Crippen molar-refractivity contribution in [3.63, 3.8) is 0 Å². The van der Waals surface area contributed by atoms with Gasteiger partial charge in [-0.1, -0.05) is 12.1 Å². The van der Waals surface area contributed by atoms with Crippen molar-refractivity contribution in [3.8, 4) is 17.0 Å². The molecular weight excluding hydrogens is 331 g/mol. The predicted molar refractivity (Wildman–Crippen MR) is 98.7 cm³/mol. The Labute approximate surface area is 150 Å². The van der Waals surface area contributed by atoms with Crippen molar-refractivity contribution in [2.75, 3.05) is 12.4 Å². The van der Waals surface area contributed by atoms with E-state index in [-0.39, 0.29) is 5.82 Å². The molecule has 0 saturated carbocycles. The van der Waals surface area contributed by atoms with Crippen molar-refractivity contribution in [1.82, 2.24) is 14.6 Å². The van der Waals surface area contributed by atoms with E-state index in [1.807, 2.05) is 36.4 Å². The van der Waals surface area contributed by atoms with Gasteiger partial charge in [0, 0.05) is 12.1 Å². The Hall–Kier alpha value is -3.41. The molecule has 0 aliphatic rings. The molecular formula is C20H17FN4O. The van der Waals surface area contributed by atoms with Gasteiger partial charge in [0.2, 0.25) is 0 Å². The third-order valence-electron chi connectivity index (χ3n) is 4.13. The number of nitrogens with zero attached hydrogens (tertiary/aromatic N) is 3. The number of methoxy groups -OCH3 is 1. The Morgan fingerprint density at radius 3 is 2.50 bits per heavy atom. The van der Waals surface area contributed by atoms with Gasteiger partial charge in [-0.25, -0.2) is 13.9 Å².